The molecule has 12 heteroatoms. The fourth-order valence-electron chi connectivity index (χ4n) is 4.12. The van der Waals surface area contributed by atoms with E-state index in [2.05, 4.69) is 5.32 Å². The molecule has 1 aliphatic heterocycles. The SMILES string of the molecule is COC(=O)c1c(NC(=O)CN2CCN(S(=O)(=O)c3cc(Cl)ccc3Cl)CC2)sc2c1CCC2. The number of aryl methyl sites for hydroxylation is 1. The number of hydrogen-bond acceptors (Lipinski definition) is 7. The highest BCUT2D eigenvalue weighted by molar-refractivity contribution is 7.89. The first-order valence-corrected chi connectivity index (χ1v) is 13.4. The second kappa shape index (κ2) is 9.89. The average molecular weight is 532 g/mol. The summed E-state index contributed by atoms with van der Waals surface area (Å²) in [5.74, 6) is -0.697. The van der Waals surface area contributed by atoms with Gasteiger partial charge in [-0.15, -0.1) is 11.3 Å². The van der Waals surface area contributed by atoms with Crippen molar-refractivity contribution in [1.29, 1.82) is 0 Å². The second-order valence-corrected chi connectivity index (χ2v) is 11.7. The lowest BCUT2D eigenvalue weighted by molar-refractivity contribution is -0.117. The molecular formula is C21H23Cl2N3O5S2. The Morgan fingerprint density at radius 3 is 2.58 bits per heavy atom. The first kappa shape index (κ1) is 24.4. The van der Waals surface area contributed by atoms with Crippen LogP contribution in [0.5, 0.6) is 0 Å². The molecule has 33 heavy (non-hydrogen) atoms. The number of rotatable bonds is 6. The quantitative estimate of drug-likeness (QED) is 0.574. The van der Waals surface area contributed by atoms with E-state index < -0.39 is 16.0 Å². The van der Waals surface area contributed by atoms with E-state index in [-0.39, 0.29) is 35.5 Å². The lowest BCUT2D eigenvalue weighted by Crippen LogP contribution is -2.50. The Hall–Kier alpha value is -1.69. The fraction of sp³-hybridized carbons (Fsp3) is 0.429. The third-order valence-electron chi connectivity index (χ3n) is 5.77. The van der Waals surface area contributed by atoms with Gasteiger partial charge in [0.05, 0.1) is 24.2 Å². The summed E-state index contributed by atoms with van der Waals surface area (Å²) in [6, 6.07) is 4.34. The topological polar surface area (TPSA) is 96.0 Å². The van der Waals surface area contributed by atoms with Crippen molar-refractivity contribution in [3.63, 3.8) is 0 Å². The Bertz CT molecular complexity index is 1190. The lowest BCUT2D eigenvalue weighted by Gasteiger charge is -2.33. The molecule has 4 rings (SSSR count). The van der Waals surface area contributed by atoms with Gasteiger partial charge in [0, 0.05) is 36.1 Å². The van der Waals surface area contributed by atoms with Gasteiger partial charge in [-0.25, -0.2) is 13.2 Å². The number of carbonyl (C=O) groups is 2. The number of carbonyl (C=O) groups excluding carboxylic acids is 2. The molecule has 1 aromatic carbocycles. The summed E-state index contributed by atoms with van der Waals surface area (Å²) < 4.78 is 32.2. The highest BCUT2D eigenvalue weighted by Crippen LogP contribution is 2.39. The number of sulfonamides is 1. The average Bonchev–Trinajstić information content (AvgIpc) is 3.36. The number of fused-ring (bicyclic) bond motifs is 1. The largest absolute Gasteiger partial charge is 0.465 e. The number of methoxy groups -OCH3 is 1. The summed E-state index contributed by atoms with van der Waals surface area (Å²) in [7, 11) is -2.46. The van der Waals surface area contributed by atoms with E-state index in [1.54, 1.807) is 0 Å². The highest BCUT2D eigenvalue weighted by atomic mass is 35.5. The van der Waals surface area contributed by atoms with E-state index in [9.17, 15) is 18.0 Å². The van der Waals surface area contributed by atoms with Crippen LogP contribution < -0.4 is 5.32 Å². The Labute approximate surface area is 206 Å². The number of piperazine rings is 1. The molecule has 1 aliphatic carbocycles. The predicted molar refractivity (Wildman–Crippen MR) is 128 cm³/mol. The number of nitrogens with one attached hydrogen (secondary N) is 1. The third kappa shape index (κ3) is 5.06. The third-order valence-corrected chi connectivity index (χ3v) is 9.60. The first-order valence-electron chi connectivity index (χ1n) is 10.4. The highest BCUT2D eigenvalue weighted by Gasteiger charge is 2.32. The molecule has 1 saturated heterocycles. The second-order valence-electron chi connectivity index (χ2n) is 7.86. The number of hydrogen-bond donors (Lipinski definition) is 1. The minimum absolute atomic E-state index is 0.0241. The molecule has 0 saturated carbocycles. The van der Waals surface area contributed by atoms with Crippen LogP contribution in [-0.4, -0.2) is 69.3 Å². The van der Waals surface area contributed by atoms with Crippen LogP contribution in [0.1, 0.15) is 27.2 Å². The molecule has 1 aromatic heterocycles. The first-order chi connectivity index (χ1) is 15.7. The van der Waals surface area contributed by atoms with Crippen molar-refractivity contribution >= 4 is 61.4 Å². The molecule has 2 aliphatic rings. The summed E-state index contributed by atoms with van der Waals surface area (Å²) >= 11 is 13.5. The molecular weight excluding hydrogens is 509 g/mol. The van der Waals surface area contributed by atoms with Gasteiger partial charge in [-0.05, 0) is 43.0 Å². The Balaban J connectivity index is 1.38. The van der Waals surface area contributed by atoms with Gasteiger partial charge in [0.25, 0.3) is 0 Å². The number of nitrogens with zero attached hydrogens (tertiary/aromatic N) is 2. The zero-order valence-corrected chi connectivity index (χ0v) is 21.0. The molecule has 8 nitrogen and oxygen atoms in total. The minimum atomic E-state index is -3.79. The van der Waals surface area contributed by atoms with Crippen molar-refractivity contribution in [2.45, 2.75) is 24.2 Å². The van der Waals surface area contributed by atoms with E-state index in [0.717, 1.165) is 29.7 Å². The normalized spacial score (nSPS) is 17.1. The van der Waals surface area contributed by atoms with Crippen molar-refractivity contribution in [2.24, 2.45) is 0 Å². The minimum Gasteiger partial charge on any atom is -0.465 e. The molecule has 2 aromatic rings. The summed E-state index contributed by atoms with van der Waals surface area (Å²) in [5.41, 5.74) is 1.43. The van der Waals surface area contributed by atoms with Gasteiger partial charge in [-0.3, -0.25) is 9.69 Å². The maximum absolute atomic E-state index is 13.0. The van der Waals surface area contributed by atoms with Crippen LogP contribution in [0.2, 0.25) is 10.0 Å². The van der Waals surface area contributed by atoms with Gasteiger partial charge in [0.1, 0.15) is 9.90 Å². The van der Waals surface area contributed by atoms with E-state index in [1.807, 2.05) is 4.90 Å². The maximum Gasteiger partial charge on any atom is 0.341 e. The molecule has 1 amide bonds. The number of amides is 1. The lowest BCUT2D eigenvalue weighted by atomic mass is 10.1. The van der Waals surface area contributed by atoms with E-state index >= 15 is 0 Å². The predicted octanol–water partition coefficient (Wildman–Crippen LogP) is 3.28. The molecule has 1 N–H and O–H groups in total. The smallest absolute Gasteiger partial charge is 0.341 e. The molecule has 2 heterocycles. The van der Waals surface area contributed by atoms with Crippen molar-refractivity contribution in [2.75, 3.05) is 45.2 Å². The van der Waals surface area contributed by atoms with E-state index in [1.165, 1.54) is 41.0 Å². The molecule has 0 bridgehead atoms. The van der Waals surface area contributed by atoms with Crippen LogP contribution in [0.3, 0.4) is 0 Å². The molecule has 0 radical (unpaired) electrons. The number of halogens is 2. The van der Waals surface area contributed by atoms with Crippen molar-refractivity contribution < 1.29 is 22.7 Å². The van der Waals surface area contributed by atoms with Gasteiger partial charge in [0.2, 0.25) is 15.9 Å². The van der Waals surface area contributed by atoms with Crippen molar-refractivity contribution in [3.05, 3.63) is 44.2 Å². The standard InChI is InChI=1S/C21H23Cl2N3O5S2/c1-31-21(28)19-14-3-2-4-16(14)32-20(19)24-18(27)12-25-7-9-26(10-8-25)33(29,30)17-11-13(22)5-6-15(17)23/h5-6,11H,2-4,7-10,12H2,1H3,(H,24,27). The zero-order chi connectivity index (χ0) is 23.8. The van der Waals surface area contributed by atoms with Gasteiger partial charge in [0.15, 0.2) is 0 Å². The molecule has 0 atom stereocenters. The monoisotopic (exact) mass is 531 g/mol. The molecule has 0 spiro atoms. The maximum atomic E-state index is 13.0. The van der Waals surface area contributed by atoms with Crippen LogP contribution >= 0.6 is 34.5 Å². The number of thiophene rings is 1. The van der Waals surface area contributed by atoms with Gasteiger partial charge in [-0.1, -0.05) is 23.2 Å². The van der Waals surface area contributed by atoms with Crippen LogP contribution in [0, 0.1) is 0 Å². The van der Waals surface area contributed by atoms with Crippen molar-refractivity contribution in [3.8, 4) is 0 Å². The Kier molecular flexibility index (Phi) is 7.32. The number of esters is 1. The number of anilines is 1. The zero-order valence-electron chi connectivity index (χ0n) is 17.9. The van der Waals surface area contributed by atoms with Crippen LogP contribution in [0.4, 0.5) is 5.00 Å². The van der Waals surface area contributed by atoms with E-state index in [0.29, 0.717) is 28.7 Å². The summed E-state index contributed by atoms with van der Waals surface area (Å²) in [6.07, 6.45) is 2.69. The summed E-state index contributed by atoms with van der Waals surface area (Å²) in [6.45, 7) is 1.30. The summed E-state index contributed by atoms with van der Waals surface area (Å²) in [5, 5.41) is 3.79. The Morgan fingerprint density at radius 1 is 1.15 bits per heavy atom. The van der Waals surface area contributed by atoms with Crippen LogP contribution in [0.25, 0.3) is 0 Å². The summed E-state index contributed by atoms with van der Waals surface area (Å²) in [4.78, 5) is 27.9. The number of benzene rings is 1. The van der Waals surface area contributed by atoms with Gasteiger partial charge >= 0.3 is 5.97 Å². The van der Waals surface area contributed by atoms with Crippen LogP contribution in [0.15, 0.2) is 23.1 Å². The van der Waals surface area contributed by atoms with Gasteiger partial charge < -0.3 is 10.1 Å². The van der Waals surface area contributed by atoms with Crippen LogP contribution in [-0.2, 0) is 32.4 Å². The Morgan fingerprint density at radius 2 is 1.88 bits per heavy atom. The van der Waals surface area contributed by atoms with Gasteiger partial charge in [-0.2, -0.15) is 4.31 Å². The molecule has 0 unspecified atom stereocenters. The van der Waals surface area contributed by atoms with E-state index in [4.69, 9.17) is 27.9 Å². The molecule has 178 valence electrons. The number of ether oxygens (including phenoxy) is 1. The van der Waals surface area contributed by atoms with Crippen molar-refractivity contribution in [1.82, 2.24) is 9.21 Å². The fourth-order valence-corrected chi connectivity index (χ4v) is 7.57. The molecule has 1 fully saturated rings.